The van der Waals surface area contributed by atoms with Gasteiger partial charge in [-0.05, 0) is 24.3 Å². The Morgan fingerprint density at radius 2 is 1.77 bits per heavy atom. The molecule has 0 fully saturated rings. The molecule has 7 N–H and O–H groups in total. The van der Waals surface area contributed by atoms with Crippen molar-refractivity contribution in [3.8, 4) is 0 Å². The number of nitrogen functional groups attached to an aromatic ring is 2. The van der Waals surface area contributed by atoms with Crippen LogP contribution in [0.1, 0.15) is 22.5 Å². The number of fused-ring (bicyclic) bond motifs is 1. The normalized spacial score (nSPS) is 12.2. The molecular weight excluding hydrogens is 470 g/mol. The van der Waals surface area contributed by atoms with Gasteiger partial charge in [0.1, 0.15) is 6.42 Å². The number of amides is 1. The first-order chi connectivity index (χ1) is 16.4. The number of alkyl halides is 2. The third kappa shape index (κ3) is 5.82. The van der Waals surface area contributed by atoms with Crippen molar-refractivity contribution in [3.05, 3.63) is 41.7 Å². The summed E-state index contributed by atoms with van der Waals surface area (Å²) in [5.41, 5.74) is 12.9. The fraction of sp³-hybridized carbons (Fsp3) is 0.250. The second kappa shape index (κ2) is 9.66. The number of aromatic nitrogens is 4. The topological polar surface area (TPSA) is 211 Å². The van der Waals surface area contributed by atoms with Crippen LogP contribution in [-0.4, -0.2) is 67.0 Å². The van der Waals surface area contributed by atoms with Crippen LogP contribution in [0.5, 0.6) is 0 Å². The summed E-state index contributed by atoms with van der Waals surface area (Å²) in [4.78, 5) is 52.2. The number of halogens is 2. The van der Waals surface area contributed by atoms with Crippen molar-refractivity contribution in [1.82, 2.24) is 25.3 Å². The fourth-order valence-corrected chi connectivity index (χ4v) is 3.13. The first-order valence-corrected chi connectivity index (χ1v) is 9.86. The van der Waals surface area contributed by atoms with Crippen LogP contribution in [-0.2, 0) is 16.1 Å². The van der Waals surface area contributed by atoms with Crippen LogP contribution >= 0.6 is 0 Å². The summed E-state index contributed by atoms with van der Waals surface area (Å²) in [6.45, 7) is 0.265. The minimum atomic E-state index is -4.20. The summed E-state index contributed by atoms with van der Waals surface area (Å²) in [5, 5.41) is 19.3. The lowest BCUT2D eigenvalue weighted by Gasteiger charge is -2.23. The average Bonchev–Trinajstić information content (AvgIpc) is 2.76. The number of nitrogens with zero attached hydrogens (tertiary/aromatic N) is 5. The van der Waals surface area contributed by atoms with E-state index in [0.29, 0.717) is 11.4 Å². The van der Waals surface area contributed by atoms with Gasteiger partial charge in [0.05, 0.1) is 18.4 Å². The van der Waals surface area contributed by atoms with Gasteiger partial charge in [0.25, 0.3) is 11.8 Å². The van der Waals surface area contributed by atoms with Crippen molar-refractivity contribution in [3.63, 3.8) is 0 Å². The van der Waals surface area contributed by atoms with E-state index in [4.69, 9.17) is 21.7 Å². The molecule has 1 atom stereocenters. The number of anilines is 3. The molecule has 0 saturated carbocycles. The molecule has 0 aliphatic carbocycles. The Hall–Kier alpha value is -4.69. The van der Waals surface area contributed by atoms with Gasteiger partial charge in [0, 0.05) is 18.3 Å². The van der Waals surface area contributed by atoms with E-state index in [2.05, 4.69) is 19.9 Å². The number of nitrogens with two attached hydrogens (primary N) is 2. The highest BCUT2D eigenvalue weighted by Gasteiger charge is 2.47. The molecule has 15 heteroatoms. The molecule has 3 aromatic rings. The van der Waals surface area contributed by atoms with E-state index in [1.807, 2.05) is 0 Å². The lowest BCUT2D eigenvalue weighted by atomic mass is 10.1. The molecular formula is C20H20F2N8O5. The quantitative estimate of drug-likeness (QED) is 0.278. The number of nitrogens with one attached hydrogen (secondary N) is 1. The molecule has 1 unspecified atom stereocenters. The zero-order valence-corrected chi connectivity index (χ0v) is 18.1. The van der Waals surface area contributed by atoms with Crippen LogP contribution in [0.2, 0.25) is 0 Å². The molecule has 184 valence electrons. The molecule has 0 bridgehead atoms. The van der Waals surface area contributed by atoms with E-state index >= 15 is 0 Å². The second-order valence-corrected chi connectivity index (χ2v) is 7.48. The van der Waals surface area contributed by atoms with E-state index in [0.717, 1.165) is 0 Å². The Morgan fingerprint density at radius 3 is 2.37 bits per heavy atom. The molecule has 2 aromatic heterocycles. The summed E-state index contributed by atoms with van der Waals surface area (Å²) < 4.78 is 27.9. The Labute approximate surface area is 195 Å². The maximum absolute atomic E-state index is 14.0. The van der Waals surface area contributed by atoms with Crippen LogP contribution in [0.25, 0.3) is 11.2 Å². The number of carbonyl (C=O) groups is 3. The number of carboxylic acid groups (broad SMARTS) is 2. The van der Waals surface area contributed by atoms with Gasteiger partial charge >= 0.3 is 11.9 Å². The summed E-state index contributed by atoms with van der Waals surface area (Å²) in [6.07, 6.45) is -0.271. The van der Waals surface area contributed by atoms with E-state index in [1.165, 1.54) is 30.5 Å². The second-order valence-electron chi connectivity index (χ2n) is 7.48. The van der Waals surface area contributed by atoms with Crippen molar-refractivity contribution in [1.29, 1.82) is 0 Å². The van der Waals surface area contributed by atoms with Gasteiger partial charge in [-0.15, -0.1) is 0 Å². The molecule has 1 aromatic carbocycles. The highest BCUT2D eigenvalue weighted by Crippen LogP contribution is 2.24. The predicted octanol–water partition coefficient (Wildman–Crippen LogP) is 0.514. The zero-order valence-electron chi connectivity index (χ0n) is 18.1. The minimum absolute atomic E-state index is 0.0291. The van der Waals surface area contributed by atoms with E-state index in [9.17, 15) is 23.2 Å². The van der Waals surface area contributed by atoms with Gasteiger partial charge in [0.15, 0.2) is 23.0 Å². The fourth-order valence-electron chi connectivity index (χ4n) is 3.13. The summed E-state index contributed by atoms with van der Waals surface area (Å²) in [7, 11) is 1.72. The number of aliphatic carboxylic acids is 2. The van der Waals surface area contributed by atoms with Crippen LogP contribution in [0.3, 0.4) is 0 Å². The van der Waals surface area contributed by atoms with Gasteiger partial charge in [0.2, 0.25) is 5.95 Å². The van der Waals surface area contributed by atoms with Crippen LogP contribution in [0.4, 0.5) is 26.2 Å². The van der Waals surface area contributed by atoms with Gasteiger partial charge in [-0.25, -0.2) is 23.5 Å². The van der Waals surface area contributed by atoms with Crippen molar-refractivity contribution >= 4 is 46.5 Å². The minimum Gasteiger partial charge on any atom is -0.481 e. The number of hydrogen-bond donors (Lipinski definition) is 5. The summed E-state index contributed by atoms with van der Waals surface area (Å²) >= 11 is 0. The zero-order chi connectivity index (χ0) is 25.9. The number of carbonyl (C=O) groups excluding carboxylic acids is 1. The third-order valence-corrected chi connectivity index (χ3v) is 4.80. The summed E-state index contributed by atoms with van der Waals surface area (Å²) in [6, 6.07) is 2.90. The smallest absolute Gasteiger partial charge is 0.332 e. The molecule has 35 heavy (non-hydrogen) atoms. The standard InChI is InChI=1S/C20H20F2N8O5/c1-30(8-10-7-25-16-13(26-10)15(23)28-19(24)29-16)11-4-2-9(3-5-11)17(33)27-14(18(34)35)20(21,22)6-12(31)32/h2-5,7,14H,6,8H2,1H3,(H,27,33)(H,31,32)(H,34,35)(H4,23,24,25,28,29). The first kappa shape index (κ1) is 24.9. The monoisotopic (exact) mass is 490 g/mol. The lowest BCUT2D eigenvalue weighted by molar-refractivity contribution is -0.157. The maximum atomic E-state index is 14.0. The van der Waals surface area contributed by atoms with Gasteiger partial charge in [-0.1, -0.05) is 0 Å². The van der Waals surface area contributed by atoms with Crippen molar-refractivity contribution in [2.24, 2.45) is 0 Å². The summed E-state index contributed by atoms with van der Waals surface area (Å²) in [5.74, 6) is -9.22. The van der Waals surface area contributed by atoms with E-state index < -0.39 is 36.2 Å². The molecule has 0 aliphatic rings. The average molecular weight is 490 g/mol. The van der Waals surface area contributed by atoms with Crippen molar-refractivity contribution in [2.75, 3.05) is 23.4 Å². The Morgan fingerprint density at radius 1 is 1.11 bits per heavy atom. The lowest BCUT2D eigenvalue weighted by Crippen LogP contribution is -2.53. The maximum Gasteiger partial charge on any atom is 0.332 e. The largest absolute Gasteiger partial charge is 0.481 e. The molecule has 0 aliphatic heterocycles. The SMILES string of the molecule is CN(Cc1cnc2nc(N)nc(N)c2n1)c1ccc(C(=O)NC(C(=O)O)C(F)(F)CC(=O)O)cc1. The van der Waals surface area contributed by atoms with Crippen LogP contribution in [0, 0.1) is 0 Å². The van der Waals surface area contributed by atoms with Gasteiger partial charge in [-0.3, -0.25) is 9.59 Å². The van der Waals surface area contributed by atoms with Crippen LogP contribution in [0.15, 0.2) is 30.5 Å². The Bertz CT molecular complexity index is 1290. The van der Waals surface area contributed by atoms with Gasteiger partial charge < -0.3 is 31.9 Å². The van der Waals surface area contributed by atoms with Crippen molar-refractivity contribution < 1.29 is 33.4 Å². The highest BCUT2D eigenvalue weighted by molar-refractivity contribution is 5.97. The first-order valence-electron chi connectivity index (χ1n) is 9.86. The molecule has 0 saturated heterocycles. The van der Waals surface area contributed by atoms with Crippen LogP contribution < -0.4 is 21.7 Å². The van der Waals surface area contributed by atoms with E-state index in [1.54, 1.807) is 17.3 Å². The van der Waals surface area contributed by atoms with Crippen molar-refractivity contribution in [2.45, 2.75) is 24.9 Å². The molecule has 2 heterocycles. The molecule has 3 rings (SSSR count). The molecule has 13 nitrogen and oxygen atoms in total. The number of rotatable bonds is 9. The highest BCUT2D eigenvalue weighted by atomic mass is 19.3. The van der Waals surface area contributed by atoms with E-state index in [-0.39, 0.29) is 35.0 Å². The third-order valence-electron chi connectivity index (χ3n) is 4.80. The molecule has 0 radical (unpaired) electrons. The predicted molar refractivity (Wildman–Crippen MR) is 119 cm³/mol. The number of carboxylic acids is 2. The number of hydrogen-bond acceptors (Lipinski definition) is 10. The van der Waals surface area contributed by atoms with Gasteiger partial charge in [-0.2, -0.15) is 9.97 Å². The molecule has 0 spiro atoms. The Balaban J connectivity index is 1.72. The number of benzene rings is 1. The Kier molecular flexibility index (Phi) is 6.88. The molecule has 1 amide bonds.